The zero-order valence-corrected chi connectivity index (χ0v) is 13.7. The minimum Gasteiger partial charge on any atom is -0.444 e. The molecule has 1 rings (SSSR count). The Morgan fingerprint density at radius 1 is 1.40 bits per heavy atom. The Morgan fingerprint density at radius 2 is 1.95 bits per heavy atom. The predicted octanol–water partition coefficient (Wildman–Crippen LogP) is 2.12. The maximum Gasteiger partial charge on any atom is 0.410 e. The molecule has 5 heteroatoms. The maximum absolute atomic E-state index is 12.4. The molecule has 2 atom stereocenters. The summed E-state index contributed by atoms with van der Waals surface area (Å²) in [6, 6.07) is -0.296. The standard InChI is InChI=1S/C15H30N2O3/c1-13(2,3)20-12(18)17-10-14(4,5)8-7-11(17)15(6,19)9-16/h11,19H,7-10,16H2,1-6H3. The Morgan fingerprint density at radius 3 is 2.40 bits per heavy atom. The summed E-state index contributed by atoms with van der Waals surface area (Å²) in [5.41, 5.74) is 4.06. The molecule has 0 bridgehead atoms. The van der Waals surface area contributed by atoms with Gasteiger partial charge in [-0.05, 0) is 46.0 Å². The van der Waals surface area contributed by atoms with E-state index in [0.717, 1.165) is 12.8 Å². The fourth-order valence-corrected chi connectivity index (χ4v) is 2.63. The van der Waals surface area contributed by atoms with Crippen LogP contribution in [0.1, 0.15) is 54.4 Å². The smallest absolute Gasteiger partial charge is 0.410 e. The van der Waals surface area contributed by atoms with E-state index in [0.29, 0.717) is 6.54 Å². The van der Waals surface area contributed by atoms with Crippen LogP contribution in [-0.2, 0) is 4.74 Å². The fourth-order valence-electron chi connectivity index (χ4n) is 2.63. The summed E-state index contributed by atoms with van der Waals surface area (Å²) in [5, 5.41) is 10.5. The first-order valence-corrected chi connectivity index (χ1v) is 7.30. The first-order chi connectivity index (χ1) is 8.88. The number of carbonyl (C=O) groups excluding carboxylic acids is 1. The van der Waals surface area contributed by atoms with Crippen LogP contribution < -0.4 is 5.73 Å². The van der Waals surface area contributed by atoms with Gasteiger partial charge in [0.25, 0.3) is 0 Å². The van der Waals surface area contributed by atoms with Crippen molar-refractivity contribution < 1.29 is 14.6 Å². The summed E-state index contributed by atoms with van der Waals surface area (Å²) in [4.78, 5) is 14.1. The summed E-state index contributed by atoms with van der Waals surface area (Å²) in [5.74, 6) is 0. The van der Waals surface area contributed by atoms with Gasteiger partial charge >= 0.3 is 6.09 Å². The van der Waals surface area contributed by atoms with E-state index in [2.05, 4.69) is 13.8 Å². The summed E-state index contributed by atoms with van der Waals surface area (Å²) in [6.45, 7) is 12.2. The number of piperidine rings is 1. The molecule has 0 aliphatic carbocycles. The van der Waals surface area contributed by atoms with Crippen LogP contribution in [0, 0.1) is 5.41 Å². The quantitative estimate of drug-likeness (QED) is 0.815. The van der Waals surface area contributed by atoms with Gasteiger partial charge in [0.1, 0.15) is 5.60 Å². The Hall–Kier alpha value is -0.810. The lowest BCUT2D eigenvalue weighted by Crippen LogP contribution is -2.61. The van der Waals surface area contributed by atoms with E-state index in [1.165, 1.54) is 0 Å². The number of likely N-dealkylation sites (tertiary alicyclic amines) is 1. The summed E-state index contributed by atoms with van der Waals surface area (Å²) in [7, 11) is 0. The third-order valence-electron chi connectivity index (χ3n) is 3.83. The fraction of sp³-hybridized carbons (Fsp3) is 0.933. The molecule has 0 aromatic rings. The third kappa shape index (κ3) is 4.35. The number of ether oxygens (including phenoxy) is 1. The van der Waals surface area contributed by atoms with Gasteiger partial charge in [-0.25, -0.2) is 4.79 Å². The predicted molar refractivity (Wildman–Crippen MR) is 79.4 cm³/mol. The van der Waals surface area contributed by atoms with Crippen molar-refractivity contribution in [3.63, 3.8) is 0 Å². The molecule has 1 aliphatic heterocycles. The minimum atomic E-state index is -1.09. The molecule has 0 aromatic heterocycles. The molecular formula is C15H30N2O3. The number of nitrogens with zero attached hydrogens (tertiary/aromatic N) is 1. The van der Waals surface area contributed by atoms with E-state index >= 15 is 0 Å². The molecule has 1 saturated heterocycles. The molecule has 0 spiro atoms. The van der Waals surface area contributed by atoms with E-state index in [4.69, 9.17) is 10.5 Å². The van der Waals surface area contributed by atoms with Gasteiger partial charge in [-0.2, -0.15) is 0 Å². The normalized spacial score (nSPS) is 26.0. The van der Waals surface area contributed by atoms with Crippen molar-refractivity contribution in [3.8, 4) is 0 Å². The summed E-state index contributed by atoms with van der Waals surface area (Å²) >= 11 is 0. The summed E-state index contributed by atoms with van der Waals surface area (Å²) in [6.07, 6.45) is 1.31. The zero-order valence-electron chi connectivity index (χ0n) is 13.7. The van der Waals surface area contributed by atoms with Crippen molar-refractivity contribution in [1.82, 2.24) is 4.90 Å². The highest BCUT2D eigenvalue weighted by Crippen LogP contribution is 2.36. The van der Waals surface area contributed by atoms with Gasteiger partial charge < -0.3 is 20.5 Å². The molecule has 1 amide bonds. The Bertz CT molecular complexity index is 359. The van der Waals surface area contributed by atoms with Crippen molar-refractivity contribution in [2.45, 2.75) is 71.6 Å². The second kappa shape index (κ2) is 5.53. The van der Waals surface area contributed by atoms with Gasteiger partial charge in [-0.15, -0.1) is 0 Å². The molecule has 118 valence electrons. The van der Waals surface area contributed by atoms with Crippen molar-refractivity contribution >= 4 is 6.09 Å². The van der Waals surface area contributed by atoms with Gasteiger partial charge in [-0.1, -0.05) is 13.8 Å². The second-order valence-electron chi connectivity index (χ2n) is 7.89. The third-order valence-corrected chi connectivity index (χ3v) is 3.83. The molecule has 1 fully saturated rings. The van der Waals surface area contributed by atoms with Crippen molar-refractivity contribution in [2.24, 2.45) is 11.1 Å². The monoisotopic (exact) mass is 286 g/mol. The van der Waals surface area contributed by atoms with Crippen LogP contribution in [0.2, 0.25) is 0 Å². The Kier molecular flexibility index (Phi) is 4.76. The van der Waals surface area contributed by atoms with Crippen LogP contribution >= 0.6 is 0 Å². The summed E-state index contributed by atoms with van der Waals surface area (Å²) < 4.78 is 5.48. The van der Waals surface area contributed by atoms with E-state index < -0.39 is 11.2 Å². The van der Waals surface area contributed by atoms with Crippen molar-refractivity contribution in [2.75, 3.05) is 13.1 Å². The average molecular weight is 286 g/mol. The highest BCUT2D eigenvalue weighted by Gasteiger charge is 2.45. The lowest BCUT2D eigenvalue weighted by molar-refractivity contribution is -0.0725. The Labute approximate surface area is 122 Å². The number of hydrogen-bond donors (Lipinski definition) is 2. The molecule has 0 aromatic carbocycles. The van der Waals surface area contributed by atoms with Crippen LogP contribution in [0.25, 0.3) is 0 Å². The van der Waals surface area contributed by atoms with Crippen LogP contribution in [0.5, 0.6) is 0 Å². The van der Waals surface area contributed by atoms with Gasteiger partial charge in [0, 0.05) is 13.1 Å². The number of aliphatic hydroxyl groups is 1. The van der Waals surface area contributed by atoms with E-state index in [-0.39, 0.29) is 24.1 Å². The molecule has 0 saturated carbocycles. The van der Waals surface area contributed by atoms with Gasteiger partial charge in [0.2, 0.25) is 0 Å². The van der Waals surface area contributed by atoms with Gasteiger partial charge in [-0.3, -0.25) is 0 Å². The molecule has 2 unspecified atom stereocenters. The maximum atomic E-state index is 12.4. The number of rotatable bonds is 2. The highest BCUT2D eigenvalue weighted by molar-refractivity contribution is 5.69. The first kappa shape index (κ1) is 17.2. The van der Waals surface area contributed by atoms with Crippen LogP contribution in [0.15, 0.2) is 0 Å². The largest absolute Gasteiger partial charge is 0.444 e. The molecule has 3 N–H and O–H groups in total. The SMILES string of the molecule is CC1(C)CCC(C(C)(O)CN)N(C(=O)OC(C)(C)C)C1. The molecule has 20 heavy (non-hydrogen) atoms. The highest BCUT2D eigenvalue weighted by atomic mass is 16.6. The molecular weight excluding hydrogens is 256 g/mol. The number of hydrogen-bond acceptors (Lipinski definition) is 4. The van der Waals surface area contributed by atoms with Crippen molar-refractivity contribution in [3.05, 3.63) is 0 Å². The molecule has 1 heterocycles. The minimum absolute atomic E-state index is 0.0259. The van der Waals surface area contributed by atoms with E-state index in [9.17, 15) is 9.90 Å². The van der Waals surface area contributed by atoms with Crippen LogP contribution in [0.4, 0.5) is 4.79 Å². The Balaban J connectivity index is 2.97. The zero-order chi connectivity index (χ0) is 15.8. The average Bonchev–Trinajstić information content (AvgIpc) is 2.25. The molecule has 0 radical (unpaired) electrons. The van der Waals surface area contributed by atoms with E-state index in [1.54, 1.807) is 11.8 Å². The number of amides is 1. The lowest BCUT2D eigenvalue weighted by Gasteiger charge is -2.48. The molecule has 5 nitrogen and oxygen atoms in total. The van der Waals surface area contributed by atoms with E-state index in [1.807, 2.05) is 20.8 Å². The lowest BCUT2D eigenvalue weighted by atomic mass is 9.77. The van der Waals surface area contributed by atoms with Crippen molar-refractivity contribution in [1.29, 1.82) is 0 Å². The second-order valence-corrected chi connectivity index (χ2v) is 7.89. The number of nitrogens with two attached hydrogens (primary N) is 1. The molecule has 1 aliphatic rings. The van der Waals surface area contributed by atoms with Crippen LogP contribution in [0.3, 0.4) is 0 Å². The van der Waals surface area contributed by atoms with Gasteiger partial charge in [0.15, 0.2) is 0 Å². The topological polar surface area (TPSA) is 75.8 Å². The van der Waals surface area contributed by atoms with Crippen LogP contribution in [-0.4, -0.2) is 46.4 Å². The van der Waals surface area contributed by atoms with Gasteiger partial charge in [0.05, 0.1) is 11.6 Å². The first-order valence-electron chi connectivity index (χ1n) is 7.30. The number of carbonyl (C=O) groups is 1.